The van der Waals surface area contributed by atoms with E-state index in [1.54, 1.807) is 24.3 Å². The zero-order valence-corrected chi connectivity index (χ0v) is 15.7. The van der Waals surface area contributed by atoms with Crippen molar-refractivity contribution in [1.82, 2.24) is 4.90 Å². The van der Waals surface area contributed by atoms with Crippen LogP contribution in [0.15, 0.2) is 24.3 Å². The van der Waals surface area contributed by atoms with Crippen LogP contribution in [0.3, 0.4) is 0 Å². The first-order chi connectivity index (χ1) is 12.9. The number of para-hydroxylation sites is 1. The molecule has 1 aromatic rings. The third-order valence-electron chi connectivity index (χ3n) is 5.10. The Hall–Kier alpha value is -2.41. The number of carbonyl (C=O) groups is 4. The van der Waals surface area contributed by atoms with Crippen molar-refractivity contribution >= 4 is 41.0 Å². The largest absolute Gasteiger partial charge is 0.454 e. The van der Waals surface area contributed by atoms with E-state index < -0.39 is 24.5 Å². The Morgan fingerprint density at radius 3 is 2.37 bits per heavy atom. The zero-order chi connectivity index (χ0) is 19.6. The van der Waals surface area contributed by atoms with E-state index in [2.05, 4.69) is 5.32 Å². The molecule has 1 heterocycles. The third kappa shape index (κ3) is 3.98. The Morgan fingerprint density at radius 2 is 1.78 bits per heavy atom. The summed E-state index contributed by atoms with van der Waals surface area (Å²) >= 11 is 5.96. The molecule has 8 heteroatoms. The molecule has 1 aliphatic carbocycles. The molecule has 7 nitrogen and oxygen atoms in total. The van der Waals surface area contributed by atoms with Crippen LogP contribution in [0.5, 0.6) is 0 Å². The van der Waals surface area contributed by atoms with Crippen molar-refractivity contribution in [2.45, 2.75) is 38.6 Å². The van der Waals surface area contributed by atoms with Crippen LogP contribution in [0.1, 0.15) is 32.6 Å². The smallest absolute Gasteiger partial charge is 0.329 e. The second kappa shape index (κ2) is 8.08. The molecule has 0 aromatic heterocycles. The molecule has 3 amide bonds. The number of rotatable bonds is 5. The van der Waals surface area contributed by atoms with Crippen molar-refractivity contribution < 1.29 is 23.9 Å². The minimum atomic E-state index is -1.05. The number of amides is 3. The minimum absolute atomic E-state index is 0.310. The maximum Gasteiger partial charge on any atom is 0.329 e. The van der Waals surface area contributed by atoms with Crippen molar-refractivity contribution in [2.75, 3.05) is 11.9 Å². The van der Waals surface area contributed by atoms with Crippen LogP contribution in [0, 0.1) is 11.8 Å². The number of imide groups is 1. The number of anilines is 1. The van der Waals surface area contributed by atoms with E-state index >= 15 is 0 Å². The van der Waals surface area contributed by atoms with Gasteiger partial charge in [-0.3, -0.25) is 19.3 Å². The van der Waals surface area contributed by atoms with Crippen LogP contribution >= 0.6 is 11.6 Å². The first-order valence-corrected chi connectivity index (χ1v) is 9.36. The lowest BCUT2D eigenvalue weighted by Gasteiger charge is -2.21. The van der Waals surface area contributed by atoms with E-state index in [-0.39, 0.29) is 23.7 Å². The standard InChI is InChI=1S/C19H21ClN2O5/c1-11(22-17(24)12-6-2-3-7-13(12)18(22)25)19(26)27-10-16(23)21-15-9-5-4-8-14(15)20/h4-5,8-9,11-13H,2-3,6-7,10H2,1H3,(H,21,23)/t11-,12+,13+/m0/s1. The number of hydrogen-bond donors (Lipinski definition) is 1. The van der Waals surface area contributed by atoms with Gasteiger partial charge in [-0.15, -0.1) is 0 Å². The summed E-state index contributed by atoms with van der Waals surface area (Å²) in [7, 11) is 0. The Labute approximate surface area is 162 Å². The topological polar surface area (TPSA) is 92.8 Å². The molecule has 3 atom stereocenters. The summed E-state index contributed by atoms with van der Waals surface area (Å²) in [5.74, 6) is -2.62. The molecular formula is C19H21ClN2O5. The maximum atomic E-state index is 12.5. The number of fused-ring (bicyclic) bond motifs is 1. The fourth-order valence-corrected chi connectivity index (χ4v) is 3.86. The summed E-state index contributed by atoms with van der Waals surface area (Å²) in [6.07, 6.45) is 3.17. The molecule has 0 unspecified atom stereocenters. The maximum absolute atomic E-state index is 12.5. The van der Waals surface area contributed by atoms with Gasteiger partial charge >= 0.3 is 5.97 Å². The molecule has 2 aliphatic rings. The fraction of sp³-hybridized carbons (Fsp3) is 0.474. The van der Waals surface area contributed by atoms with Gasteiger partial charge in [0.05, 0.1) is 22.5 Å². The summed E-state index contributed by atoms with van der Waals surface area (Å²) in [5.41, 5.74) is 0.405. The number of hydrogen-bond acceptors (Lipinski definition) is 5. The Kier molecular flexibility index (Phi) is 5.79. The number of benzene rings is 1. The number of nitrogens with zero attached hydrogens (tertiary/aromatic N) is 1. The Balaban J connectivity index is 1.56. The molecule has 2 fully saturated rings. The lowest BCUT2D eigenvalue weighted by Crippen LogP contribution is -2.45. The summed E-state index contributed by atoms with van der Waals surface area (Å²) in [4.78, 5) is 50.3. The van der Waals surface area contributed by atoms with Crippen LogP contribution in [-0.4, -0.2) is 41.2 Å². The average molecular weight is 393 g/mol. The van der Waals surface area contributed by atoms with Crippen LogP contribution in [-0.2, 0) is 23.9 Å². The first kappa shape index (κ1) is 19.4. The molecular weight excluding hydrogens is 372 g/mol. The van der Waals surface area contributed by atoms with Crippen LogP contribution in [0.4, 0.5) is 5.69 Å². The molecule has 1 saturated heterocycles. The van der Waals surface area contributed by atoms with Crippen molar-refractivity contribution in [1.29, 1.82) is 0 Å². The number of nitrogens with one attached hydrogen (secondary N) is 1. The van der Waals surface area contributed by atoms with Crippen molar-refractivity contribution in [3.63, 3.8) is 0 Å². The third-order valence-corrected chi connectivity index (χ3v) is 5.43. The van der Waals surface area contributed by atoms with Gasteiger partial charge < -0.3 is 10.1 Å². The molecule has 144 valence electrons. The van der Waals surface area contributed by atoms with E-state index in [1.165, 1.54) is 6.92 Å². The highest BCUT2D eigenvalue weighted by Crippen LogP contribution is 2.38. The van der Waals surface area contributed by atoms with Gasteiger partial charge in [0.1, 0.15) is 6.04 Å². The lowest BCUT2D eigenvalue weighted by atomic mass is 9.81. The van der Waals surface area contributed by atoms with Crippen LogP contribution in [0.2, 0.25) is 5.02 Å². The Bertz CT molecular complexity index is 757. The van der Waals surface area contributed by atoms with E-state index in [0.29, 0.717) is 23.6 Å². The zero-order valence-electron chi connectivity index (χ0n) is 14.9. The molecule has 3 rings (SSSR count). The second-order valence-corrected chi connectivity index (χ2v) is 7.26. The second-order valence-electron chi connectivity index (χ2n) is 6.86. The summed E-state index contributed by atoms with van der Waals surface area (Å²) in [5, 5.41) is 2.90. The highest BCUT2D eigenvalue weighted by Gasteiger charge is 2.51. The van der Waals surface area contributed by atoms with Gasteiger partial charge in [0.25, 0.3) is 5.91 Å². The normalized spacial score (nSPS) is 23.0. The molecule has 1 N–H and O–H groups in total. The van der Waals surface area contributed by atoms with Crippen molar-refractivity contribution in [3.8, 4) is 0 Å². The van der Waals surface area contributed by atoms with E-state index in [1.807, 2.05) is 0 Å². The quantitative estimate of drug-likeness (QED) is 0.613. The monoisotopic (exact) mass is 392 g/mol. The minimum Gasteiger partial charge on any atom is -0.454 e. The number of ether oxygens (including phenoxy) is 1. The highest BCUT2D eigenvalue weighted by atomic mass is 35.5. The summed E-state index contributed by atoms with van der Waals surface area (Å²) in [6, 6.07) is 5.62. The van der Waals surface area contributed by atoms with Gasteiger partial charge in [-0.1, -0.05) is 36.6 Å². The van der Waals surface area contributed by atoms with Crippen LogP contribution < -0.4 is 5.32 Å². The highest BCUT2D eigenvalue weighted by molar-refractivity contribution is 6.33. The van der Waals surface area contributed by atoms with Gasteiger partial charge in [-0.2, -0.15) is 0 Å². The molecule has 0 spiro atoms. The van der Waals surface area contributed by atoms with Gasteiger partial charge in [-0.05, 0) is 31.9 Å². The summed E-state index contributed by atoms with van der Waals surface area (Å²) in [6.45, 7) is 0.916. The summed E-state index contributed by atoms with van der Waals surface area (Å²) < 4.78 is 5.00. The van der Waals surface area contributed by atoms with Gasteiger partial charge in [0.2, 0.25) is 11.8 Å². The predicted octanol–water partition coefficient (Wildman–Crippen LogP) is 2.39. The molecule has 1 aromatic carbocycles. The molecule has 1 saturated carbocycles. The number of esters is 1. The van der Waals surface area contributed by atoms with E-state index in [9.17, 15) is 19.2 Å². The molecule has 0 bridgehead atoms. The fourth-order valence-electron chi connectivity index (χ4n) is 3.68. The average Bonchev–Trinajstić information content (AvgIpc) is 2.92. The van der Waals surface area contributed by atoms with Crippen molar-refractivity contribution in [3.05, 3.63) is 29.3 Å². The number of likely N-dealkylation sites (tertiary alicyclic amines) is 1. The van der Waals surface area contributed by atoms with E-state index in [4.69, 9.17) is 16.3 Å². The van der Waals surface area contributed by atoms with E-state index in [0.717, 1.165) is 17.7 Å². The lowest BCUT2D eigenvalue weighted by molar-refractivity contribution is -0.159. The predicted molar refractivity (Wildman–Crippen MR) is 97.8 cm³/mol. The SMILES string of the molecule is C[C@@H](C(=O)OCC(=O)Nc1ccccc1Cl)N1C(=O)[C@@H]2CCCC[C@H]2C1=O. The molecule has 27 heavy (non-hydrogen) atoms. The van der Waals surface area contributed by atoms with Crippen molar-refractivity contribution in [2.24, 2.45) is 11.8 Å². The van der Waals surface area contributed by atoms with Gasteiger partial charge in [0.15, 0.2) is 6.61 Å². The number of halogens is 1. The van der Waals surface area contributed by atoms with Crippen LogP contribution in [0.25, 0.3) is 0 Å². The van der Waals surface area contributed by atoms with Gasteiger partial charge in [0, 0.05) is 0 Å². The first-order valence-electron chi connectivity index (χ1n) is 8.98. The molecule has 1 aliphatic heterocycles. The molecule has 0 radical (unpaired) electrons. The number of carbonyl (C=O) groups excluding carboxylic acids is 4. The Morgan fingerprint density at radius 1 is 1.19 bits per heavy atom. The van der Waals surface area contributed by atoms with Gasteiger partial charge in [-0.25, -0.2) is 4.79 Å².